The molecule has 0 spiro atoms. The van der Waals surface area contributed by atoms with E-state index < -0.39 is 0 Å². The summed E-state index contributed by atoms with van der Waals surface area (Å²) in [5, 5.41) is 4.68. The van der Waals surface area contributed by atoms with Crippen molar-refractivity contribution in [2.45, 2.75) is 14.9 Å². The van der Waals surface area contributed by atoms with E-state index in [0.717, 1.165) is 18.0 Å². The summed E-state index contributed by atoms with van der Waals surface area (Å²) in [6.45, 7) is 2.94. The van der Waals surface area contributed by atoms with Gasteiger partial charge in [0, 0.05) is 6.20 Å². The minimum absolute atomic E-state index is 0.0250. The van der Waals surface area contributed by atoms with E-state index in [9.17, 15) is 0 Å². The van der Waals surface area contributed by atoms with Crippen molar-refractivity contribution in [1.29, 1.82) is 0 Å². The van der Waals surface area contributed by atoms with E-state index >= 15 is 0 Å². The molecule has 1 aromatic heterocycles. The number of nitrogens with zero attached hydrogens (tertiary/aromatic N) is 2. The van der Waals surface area contributed by atoms with Crippen molar-refractivity contribution in [2.75, 3.05) is 7.11 Å². The van der Waals surface area contributed by atoms with Gasteiger partial charge in [-0.3, -0.25) is 4.68 Å². The zero-order valence-corrected chi connectivity index (χ0v) is 17.0. The molecule has 3 nitrogen and oxygen atoms in total. The Kier molecular flexibility index (Phi) is 5.37. The molecule has 0 fully saturated rings. The second-order valence-electron chi connectivity index (χ2n) is 4.26. The number of rotatable bonds is 4. The summed E-state index contributed by atoms with van der Waals surface area (Å²) in [4.78, 5) is 0. The summed E-state index contributed by atoms with van der Waals surface area (Å²) >= 11 is 7.17. The Morgan fingerprint density at radius 2 is 1.89 bits per heavy atom. The van der Waals surface area contributed by atoms with Crippen molar-refractivity contribution in [3.8, 4) is 5.75 Å². The first-order valence-corrected chi connectivity index (χ1v) is 8.88. The first-order valence-electron chi connectivity index (χ1n) is 5.64. The molecule has 0 saturated heterocycles. The number of hydrogen-bond acceptors (Lipinski definition) is 2. The van der Waals surface area contributed by atoms with Crippen LogP contribution in [0.4, 0.5) is 0 Å². The van der Waals surface area contributed by atoms with Gasteiger partial charge in [0.15, 0.2) is 0 Å². The molecule has 19 heavy (non-hydrogen) atoms. The molecule has 0 aliphatic heterocycles. The summed E-state index contributed by atoms with van der Waals surface area (Å²) in [5.41, 5.74) is 2.35. The molecule has 102 valence electrons. The van der Waals surface area contributed by atoms with E-state index in [0.29, 0.717) is 0 Å². The molecule has 1 aromatic carbocycles. The van der Waals surface area contributed by atoms with E-state index in [2.05, 4.69) is 98.1 Å². The van der Waals surface area contributed by atoms with E-state index in [-0.39, 0.29) is 1.43 Å². The largest absolute Gasteiger partial charge is 0.497 e. The molecule has 2 rings (SSSR count). The van der Waals surface area contributed by atoms with E-state index in [4.69, 9.17) is 4.74 Å². The maximum Gasteiger partial charge on any atom is 0.118 e. The summed E-state index contributed by atoms with van der Waals surface area (Å²) in [6.07, 6.45) is 2.09. The first kappa shape index (κ1) is 15.8. The normalized spacial score (nSPS) is 11.6. The Balaban J connectivity index is 2.19. The van der Waals surface area contributed by atoms with Gasteiger partial charge in [0.2, 0.25) is 0 Å². The maximum absolute atomic E-state index is 5.16. The molecule has 1 heterocycles. The SMILES string of the molecule is COc1ccc(Cn2cc(I)c(C(C)(I)I)n2)cc1. The molecule has 0 N–H and O–H groups in total. The van der Waals surface area contributed by atoms with Crippen molar-refractivity contribution in [3.63, 3.8) is 0 Å². The second kappa shape index (κ2) is 6.46. The lowest BCUT2D eigenvalue weighted by molar-refractivity contribution is 0.414. The van der Waals surface area contributed by atoms with Crippen LogP contribution in [0.2, 0.25) is 0 Å². The Morgan fingerprint density at radius 1 is 1.26 bits per heavy atom. The van der Waals surface area contributed by atoms with Crippen LogP contribution in [0.25, 0.3) is 0 Å². The lowest BCUT2D eigenvalue weighted by atomic mass is 10.2. The van der Waals surface area contributed by atoms with Gasteiger partial charge in [-0.25, -0.2) is 0 Å². The molecule has 0 saturated carbocycles. The van der Waals surface area contributed by atoms with Crippen LogP contribution in [0.5, 0.6) is 5.75 Å². The maximum atomic E-state index is 5.16. The van der Waals surface area contributed by atoms with Gasteiger partial charge in [0.1, 0.15) is 12.9 Å². The fraction of sp³-hybridized carbons (Fsp3) is 0.308. The summed E-state index contributed by atoms with van der Waals surface area (Å²) in [5.74, 6) is 0.881. The number of hydrogen-bond donors (Lipinski definition) is 0. The summed E-state index contributed by atoms with van der Waals surface area (Å²) in [6, 6.07) is 8.09. The Labute approximate surface area is 153 Å². The molecule has 0 bridgehead atoms. The fourth-order valence-electron chi connectivity index (χ4n) is 1.69. The molecule has 0 unspecified atom stereocenters. The molecular formula is C13H13I3N2O. The smallest absolute Gasteiger partial charge is 0.118 e. The zero-order chi connectivity index (χ0) is 14.0. The number of methoxy groups -OCH3 is 1. The average molecular weight is 594 g/mol. The molecule has 6 heteroatoms. The van der Waals surface area contributed by atoms with Gasteiger partial charge in [0.25, 0.3) is 0 Å². The molecule has 0 amide bonds. The van der Waals surface area contributed by atoms with Gasteiger partial charge in [-0.1, -0.05) is 57.3 Å². The van der Waals surface area contributed by atoms with Crippen molar-refractivity contribution >= 4 is 67.8 Å². The summed E-state index contributed by atoms with van der Waals surface area (Å²) < 4.78 is 8.39. The predicted octanol–water partition coefficient (Wildman–Crippen LogP) is 4.59. The third-order valence-electron chi connectivity index (χ3n) is 2.64. The molecule has 0 radical (unpaired) electrons. The molecular weight excluding hydrogens is 581 g/mol. The molecule has 2 aromatic rings. The number of aromatic nitrogens is 2. The Bertz CT molecular complexity index is 558. The number of benzene rings is 1. The Hall–Kier alpha value is 0.420. The van der Waals surface area contributed by atoms with Crippen LogP contribution in [0, 0.1) is 3.57 Å². The highest BCUT2D eigenvalue weighted by Crippen LogP contribution is 2.39. The van der Waals surface area contributed by atoms with Crippen LogP contribution in [0.15, 0.2) is 30.5 Å². The van der Waals surface area contributed by atoms with Crippen molar-refractivity contribution in [2.24, 2.45) is 0 Å². The van der Waals surface area contributed by atoms with Gasteiger partial charge in [-0.05, 0) is 47.2 Å². The highest BCUT2D eigenvalue weighted by molar-refractivity contribution is 14.2. The van der Waals surface area contributed by atoms with E-state index in [1.54, 1.807) is 7.11 Å². The third kappa shape index (κ3) is 4.19. The number of halogens is 3. The fourth-order valence-corrected chi connectivity index (χ4v) is 4.49. The van der Waals surface area contributed by atoms with E-state index in [1.807, 2.05) is 16.8 Å². The van der Waals surface area contributed by atoms with Crippen LogP contribution in [0.1, 0.15) is 18.2 Å². The van der Waals surface area contributed by atoms with E-state index in [1.165, 1.54) is 9.13 Å². The van der Waals surface area contributed by atoms with Crippen LogP contribution in [0.3, 0.4) is 0 Å². The van der Waals surface area contributed by atoms with Gasteiger partial charge < -0.3 is 4.74 Å². The van der Waals surface area contributed by atoms with Crippen molar-refractivity contribution in [1.82, 2.24) is 9.78 Å². The minimum atomic E-state index is 0.0250. The zero-order valence-electron chi connectivity index (χ0n) is 10.5. The van der Waals surface area contributed by atoms with Gasteiger partial charge in [-0.15, -0.1) is 0 Å². The topological polar surface area (TPSA) is 27.1 Å². The van der Waals surface area contributed by atoms with Gasteiger partial charge in [0.05, 0.1) is 17.2 Å². The predicted molar refractivity (Wildman–Crippen MR) is 102 cm³/mol. The van der Waals surface area contributed by atoms with Crippen molar-refractivity contribution < 1.29 is 4.74 Å². The number of ether oxygens (including phenoxy) is 1. The Morgan fingerprint density at radius 3 is 2.37 bits per heavy atom. The van der Waals surface area contributed by atoms with Crippen LogP contribution < -0.4 is 4.74 Å². The summed E-state index contributed by atoms with van der Waals surface area (Å²) in [7, 11) is 1.68. The quantitative estimate of drug-likeness (QED) is 0.383. The van der Waals surface area contributed by atoms with Crippen LogP contribution in [-0.2, 0) is 7.97 Å². The van der Waals surface area contributed by atoms with Crippen molar-refractivity contribution in [3.05, 3.63) is 45.3 Å². The third-order valence-corrected chi connectivity index (χ3v) is 4.45. The second-order valence-corrected chi connectivity index (χ2v) is 11.8. The molecule has 0 aliphatic rings. The number of alkyl halides is 2. The lowest BCUT2D eigenvalue weighted by Gasteiger charge is -2.11. The highest BCUT2D eigenvalue weighted by atomic mass is 127. The van der Waals surface area contributed by atoms with Gasteiger partial charge >= 0.3 is 0 Å². The van der Waals surface area contributed by atoms with Crippen LogP contribution in [-0.4, -0.2) is 16.9 Å². The molecule has 0 aliphatic carbocycles. The minimum Gasteiger partial charge on any atom is -0.497 e. The monoisotopic (exact) mass is 594 g/mol. The van der Waals surface area contributed by atoms with Gasteiger partial charge in [-0.2, -0.15) is 5.10 Å². The van der Waals surface area contributed by atoms with Crippen LogP contribution >= 0.6 is 67.8 Å². The first-order chi connectivity index (χ1) is 8.90. The standard InChI is InChI=1S/C13H13I3N2O/c1-13(15,16)12-11(14)8-18(17-12)7-9-3-5-10(19-2)6-4-9/h3-6,8H,7H2,1-2H3. The highest BCUT2D eigenvalue weighted by Gasteiger charge is 2.24. The average Bonchev–Trinajstić information content (AvgIpc) is 2.71. The lowest BCUT2D eigenvalue weighted by Crippen LogP contribution is -2.07. The molecule has 0 atom stereocenters.